The molecule has 33 heavy (non-hydrogen) atoms. The highest BCUT2D eigenvalue weighted by Crippen LogP contribution is 2.29. The lowest BCUT2D eigenvalue weighted by atomic mass is 9.97. The number of likely N-dealkylation sites (tertiary alicyclic amines) is 1. The molecule has 0 N–H and O–H groups in total. The van der Waals surface area contributed by atoms with Crippen LogP contribution in [-0.4, -0.2) is 63.8 Å². The van der Waals surface area contributed by atoms with Crippen molar-refractivity contribution in [1.82, 2.24) is 19.8 Å². The van der Waals surface area contributed by atoms with E-state index in [1.165, 1.54) is 0 Å². The summed E-state index contributed by atoms with van der Waals surface area (Å²) in [5, 5.41) is 0. The van der Waals surface area contributed by atoms with Crippen LogP contribution in [0.25, 0.3) is 0 Å². The van der Waals surface area contributed by atoms with Gasteiger partial charge in [0.15, 0.2) is 0 Å². The van der Waals surface area contributed by atoms with Crippen LogP contribution in [0, 0.1) is 0 Å². The van der Waals surface area contributed by atoms with Crippen LogP contribution in [0.1, 0.15) is 41.3 Å². The topological polar surface area (TPSA) is 70.9 Å². The lowest BCUT2D eigenvalue weighted by Crippen LogP contribution is -2.51. The molecule has 2 atom stereocenters. The lowest BCUT2D eigenvalue weighted by molar-refractivity contribution is -0.138. The normalized spacial score (nSPS) is 21.1. The van der Waals surface area contributed by atoms with Crippen molar-refractivity contribution in [3.63, 3.8) is 0 Å². The Bertz CT molecular complexity index is 1070. The van der Waals surface area contributed by atoms with E-state index in [1.54, 1.807) is 17.2 Å². The molecular formula is C23H24F3N5O2. The number of piperidine rings is 1. The molecule has 0 aliphatic carbocycles. The predicted octanol–water partition coefficient (Wildman–Crippen LogP) is 3.77. The molecule has 3 heterocycles. The second kappa shape index (κ2) is 9.21. The number of ether oxygens (including phenoxy) is 1. The summed E-state index contributed by atoms with van der Waals surface area (Å²) in [4.78, 5) is 29.1. The van der Waals surface area contributed by atoms with Gasteiger partial charge in [0, 0.05) is 44.3 Å². The van der Waals surface area contributed by atoms with E-state index in [0.717, 1.165) is 11.4 Å². The van der Waals surface area contributed by atoms with Gasteiger partial charge >= 0.3 is 12.2 Å². The molecule has 1 aromatic carbocycles. The van der Waals surface area contributed by atoms with Crippen LogP contribution in [0.15, 0.2) is 53.9 Å². The first-order chi connectivity index (χ1) is 15.8. The highest BCUT2D eigenvalue weighted by Gasteiger charge is 2.35. The van der Waals surface area contributed by atoms with Crippen LogP contribution >= 0.6 is 0 Å². The van der Waals surface area contributed by atoms with Gasteiger partial charge in [0.25, 0.3) is 5.91 Å². The molecule has 0 unspecified atom stereocenters. The van der Waals surface area contributed by atoms with Gasteiger partial charge in [0.1, 0.15) is 11.9 Å². The molecule has 2 aliphatic heterocycles. The number of aromatic nitrogens is 2. The first kappa shape index (κ1) is 22.8. The fourth-order valence-corrected chi connectivity index (χ4v) is 4.02. The van der Waals surface area contributed by atoms with E-state index in [2.05, 4.69) is 15.0 Å². The standard InChI is InChI=1S/C23H24F3N5O2/c1-15-19(33-22-28-13-16(14-29-22)23(24,25)26)9-5-12-31(15)21(32)18-8-4-3-7-17(18)20-27-10-6-11-30(20)2/h3-4,6-8,10,13-15,19H,5,9,11-12H2,1-2H3/t15-,19+/m0/s1. The van der Waals surface area contributed by atoms with Gasteiger partial charge < -0.3 is 14.5 Å². The van der Waals surface area contributed by atoms with Gasteiger partial charge in [-0.3, -0.25) is 4.79 Å². The van der Waals surface area contributed by atoms with E-state index in [4.69, 9.17) is 4.74 Å². The summed E-state index contributed by atoms with van der Waals surface area (Å²) in [7, 11) is 1.92. The summed E-state index contributed by atoms with van der Waals surface area (Å²) in [6.45, 7) is 3.11. The highest BCUT2D eigenvalue weighted by atomic mass is 19.4. The smallest absolute Gasteiger partial charge is 0.419 e. The molecule has 7 nitrogen and oxygen atoms in total. The minimum absolute atomic E-state index is 0.139. The SMILES string of the molecule is C[C@H]1[C@H](Oc2ncc(C(F)(F)F)cn2)CCCN1C(=O)c1ccccc1C1=NC=CCN1C. The molecule has 10 heteroatoms. The Kier molecular flexibility index (Phi) is 6.35. The van der Waals surface area contributed by atoms with Crippen molar-refractivity contribution >= 4 is 11.7 Å². The third-order valence-electron chi connectivity index (χ3n) is 5.83. The van der Waals surface area contributed by atoms with Gasteiger partial charge in [-0.15, -0.1) is 0 Å². The Labute approximate surface area is 189 Å². The van der Waals surface area contributed by atoms with Crippen molar-refractivity contribution in [3.05, 3.63) is 65.6 Å². The largest absolute Gasteiger partial charge is 0.458 e. The highest BCUT2D eigenvalue weighted by molar-refractivity contribution is 6.09. The number of rotatable bonds is 4. The summed E-state index contributed by atoms with van der Waals surface area (Å²) < 4.78 is 44.0. The number of nitrogens with zero attached hydrogens (tertiary/aromatic N) is 5. The molecule has 2 aliphatic rings. The monoisotopic (exact) mass is 459 g/mol. The van der Waals surface area contributed by atoms with E-state index in [-0.39, 0.29) is 18.0 Å². The number of hydrogen-bond donors (Lipinski definition) is 0. The third-order valence-corrected chi connectivity index (χ3v) is 5.83. The summed E-state index contributed by atoms with van der Waals surface area (Å²) in [6.07, 6.45) is 1.43. The van der Waals surface area contributed by atoms with E-state index in [1.807, 2.05) is 43.1 Å². The molecule has 0 radical (unpaired) electrons. The molecule has 1 aromatic heterocycles. The molecule has 2 aromatic rings. The van der Waals surface area contributed by atoms with Crippen molar-refractivity contribution in [2.45, 2.75) is 38.1 Å². The second-order valence-electron chi connectivity index (χ2n) is 8.05. The maximum Gasteiger partial charge on any atom is 0.419 e. The van der Waals surface area contributed by atoms with Crippen LogP contribution in [0.2, 0.25) is 0 Å². The fraction of sp³-hybridized carbons (Fsp3) is 0.391. The van der Waals surface area contributed by atoms with E-state index < -0.39 is 17.8 Å². The zero-order valence-electron chi connectivity index (χ0n) is 18.3. The number of likely N-dealkylation sites (N-methyl/N-ethyl adjacent to an activating group) is 1. The number of amidine groups is 1. The number of hydrogen-bond acceptors (Lipinski definition) is 6. The molecule has 1 saturated heterocycles. The molecule has 0 saturated carbocycles. The van der Waals surface area contributed by atoms with Gasteiger partial charge in [-0.05, 0) is 31.9 Å². The molecular weight excluding hydrogens is 435 g/mol. The Balaban J connectivity index is 1.53. The number of aliphatic imine (C=N–C) groups is 1. The first-order valence-corrected chi connectivity index (χ1v) is 10.7. The van der Waals surface area contributed by atoms with Crippen molar-refractivity contribution in [1.29, 1.82) is 0 Å². The maximum absolute atomic E-state index is 13.6. The van der Waals surface area contributed by atoms with Crippen LogP contribution in [-0.2, 0) is 6.18 Å². The predicted molar refractivity (Wildman–Crippen MR) is 116 cm³/mol. The maximum atomic E-state index is 13.6. The zero-order chi connectivity index (χ0) is 23.6. The van der Waals surface area contributed by atoms with Crippen molar-refractivity contribution in [3.8, 4) is 6.01 Å². The van der Waals surface area contributed by atoms with E-state index in [9.17, 15) is 18.0 Å². The van der Waals surface area contributed by atoms with Crippen LogP contribution in [0.3, 0.4) is 0 Å². The summed E-state index contributed by atoms with van der Waals surface area (Å²) in [5.74, 6) is 0.572. The number of benzene rings is 1. The van der Waals surface area contributed by atoms with Crippen LogP contribution < -0.4 is 4.74 Å². The number of carbonyl (C=O) groups excluding carboxylic acids is 1. The molecule has 1 amide bonds. The van der Waals surface area contributed by atoms with Gasteiger partial charge in [-0.2, -0.15) is 13.2 Å². The average molecular weight is 459 g/mol. The van der Waals surface area contributed by atoms with Crippen LogP contribution in [0.4, 0.5) is 13.2 Å². The fourth-order valence-electron chi connectivity index (χ4n) is 4.02. The first-order valence-electron chi connectivity index (χ1n) is 10.7. The van der Waals surface area contributed by atoms with Crippen LogP contribution in [0.5, 0.6) is 6.01 Å². The van der Waals surface area contributed by atoms with Crippen molar-refractivity contribution in [2.24, 2.45) is 4.99 Å². The summed E-state index contributed by atoms with van der Waals surface area (Å²) in [6, 6.07) is 6.88. The molecule has 4 rings (SSSR count). The van der Waals surface area contributed by atoms with E-state index >= 15 is 0 Å². The third kappa shape index (κ3) is 4.84. The van der Waals surface area contributed by atoms with Gasteiger partial charge in [-0.25, -0.2) is 15.0 Å². The van der Waals surface area contributed by atoms with Gasteiger partial charge in [0.05, 0.1) is 17.2 Å². The number of alkyl halides is 3. The number of halogens is 3. The quantitative estimate of drug-likeness (QED) is 0.696. The molecule has 174 valence electrons. The van der Waals surface area contributed by atoms with Gasteiger partial charge in [-0.1, -0.05) is 18.2 Å². The van der Waals surface area contributed by atoms with Crippen molar-refractivity contribution in [2.75, 3.05) is 20.1 Å². The Hall–Kier alpha value is -3.43. The van der Waals surface area contributed by atoms with Crippen molar-refractivity contribution < 1.29 is 22.7 Å². The Morgan fingerprint density at radius 1 is 1.18 bits per heavy atom. The molecule has 1 fully saturated rings. The van der Waals surface area contributed by atoms with E-state index in [0.29, 0.717) is 43.9 Å². The average Bonchev–Trinajstić information content (AvgIpc) is 2.80. The summed E-state index contributed by atoms with van der Waals surface area (Å²) >= 11 is 0. The Morgan fingerprint density at radius 3 is 2.61 bits per heavy atom. The number of carbonyl (C=O) groups is 1. The molecule has 0 spiro atoms. The lowest BCUT2D eigenvalue weighted by Gasteiger charge is -2.39. The number of amides is 1. The second-order valence-corrected chi connectivity index (χ2v) is 8.05. The Morgan fingerprint density at radius 2 is 1.91 bits per heavy atom. The van der Waals surface area contributed by atoms with Gasteiger partial charge in [0.2, 0.25) is 0 Å². The zero-order valence-corrected chi connectivity index (χ0v) is 18.3. The minimum atomic E-state index is -4.51. The summed E-state index contributed by atoms with van der Waals surface area (Å²) in [5.41, 5.74) is 0.345. The minimum Gasteiger partial charge on any atom is -0.458 e. The molecule has 0 bridgehead atoms.